The molecule has 1 aromatic heterocycles. The second-order valence-electron chi connectivity index (χ2n) is 9.19. The fourth-order valence-electron chi connectivity index (χ4n) is 3.62. The van der Waals surface area contributed by atoms with Gasteiger partial charge in [-0.15, -0.1) is 0 Å². The van der Waals surface area contributed by atoms with Gasteiger partial charge in [-0.3, -0.25) is 4.79 Å². The first-order valence-corrected chi connectivity index (χ1v) is 12.1. The SMILES string of the molecule is CSc1nc(N2CC(OCC(=O)N3CCN(C(=O)OC(C)(C)C)CC3)C2)c(C)c(C(F)(F)F)n1. The van der Waals surface area contributed by atoms with E-state index in [4.69, 9.17) is 9.47 Å². The van der Waals surface area contributed by atoms with E-state index in [-0.39, 0.29) is 35.2 Å². The fourth-order valence-corrected chi connectivity index (χ4v) is 3.98. The van der Waals surface area contributed by atoms with Crippen LogP contribution in [-0.2, 0) is 20.4 Å². The van der Waals surface area contributed by atoms with Crippen molar-refractivity contribution in [1.82, 2.24) is 19.8 Å². The van der Waals surface area contributed by atoms with Crippen molar-refractivity contribution >= 4 is 29.6 Å². The summed E-state index contributed by atoms with van der Waals surface area (Å²) in [4.78, 5) is 37.4. The number of hydrogen-bond acceptors (Lipinski definition) is 8. The van der Waals surface area contributed by atoms with Crippen LogP contribution >= 0.6 is 11.8 Å². The number of anilines is 1. The van der Waals surface area contributed by atoms with Crippen LogP contribution in [0.5, 0.6) is 0 Å². The van der Waals surface area contributed by atoms with Crippen LogP contribution in [0.2, 0.25) is 0 Å². The molecule has 0 atom stereocenters. The van der Waals surface area contributed by atoms with Crippen LogP contribution in [0, 0.1) is 6.92 Å². The minimum Gasteiger partial charge on any atom is -0.444 e. The Kier molecular flexibility index (Phi) is 7.85. The van der Waals surface area contributed by atoms with E-state index < -0.39 is 23.6 Å². The standard InChI is InChI=1S/C21H30F3N5O4S/c1-13-16(21(22,23)24)25-18(34-5)26-17(13)29-10-14(11-29)32-12-15(30)27-6-8-28(9-7-27)19(31)33-20(2,3)4/h14H,6-12H2,1-5H3. The molecule has 0 N–H and O–H groups in total. The van der Waals surface area contributed by atoms with Crippen molar-refractivity contribution in [2.75, 3.05) is 57.0 Å². The number of carbonyl (C=O) groups is 2. The molecule has 34 heavy (non-hydrogen) atoms. The third-order valence-corrected chi connectivity index (χ3v) is 5.97. The lowest BCUT2D eigenvalue weighted by molar-refractivity contribution is -0.142. The molecular formula is C21H30F3N5O4S. The highest BCUT2D eigenvalue weighted by atomic mass is 32.2. The van der Waals surface area contributed by atoms with Gasteiger partial charge in [0.25, 0.3) is 0 Å². The molecule has 2 amide bonds. The summed E-state index contributed by atoms with van der Waals surface area (Å²) in [6.07, 6.45) is -3.63. The van der Waals surface area contributed by atoms with Crippen molar-refractivity contribution in [3.8, 4) is 0 Å². The van der Waals surface area contributed by atoms with Gasteiger partial charge >= 0.3 is 12.3 Å². The predicted octanol–water partition coefficient (Wildman–Crippen LogP) is 2.81. The van der Waals surface area contributed by atoms with Crippen molar-refractivity contribution in [3.63, 3.8) is 0 Å². The molecule has 0 aliphatic carbocycles. The van der Waals surface area contributed by atoms with Crippen molar-refractivity contribution < 1.29 is 32.2 Å². The first-order valence-electron chi connectivity index (χ1n) is 10.9. The summed E-state index contributed by atoms with van der Waals surface area (Å²) in [5, 5.41) is 0.0537. The van der Waals surface area contributed by atoms with Gasteiger partial charge in [-0.05, 0) is 34.0 Å². The van der Waals surface area contributed by atoms with Crippen LogP contribution in [0.15, 0.2) is 5.16 Å². The molecular weight excluding hydrogens is 475 g/mol. The number of halogens is 3. The van der Waals surface area contributed by atoms with Crippen LogP contribution in [0.3, 0.4) is 0 Å². The molecule has 2 saturated heterocycles. The second-order valence-corrected chi connectivity index (χ2v) is 9.96. The number of aromatic nitrogens is 2. The highest BCUT2D eigenvalue weighted by Gasteiger charge is 2.39. The highest BCUT2D eigenvalue weighted by Crippen LogP contribution is 2.36. The van der Waals surface area contributed by atoms with Crippen LogP contribution in [-0.4, -0.2) is 95.6 Å². The van der Waals surface area contributed by atoms with Gasteiger partial charge in [0.05, 0.1) is 6.10 Å². The molecule has 1 aromatic rings. The average molecular weight is 506 g/mol. The van der Waals surface area contributed by atoms with Crippen LogP contribution < -0.4 is 4.90 Å². The average Bonchev–Trinajstić information content (AvgIpc) is 2.71. The number of alkyl halides is 3. The number of ether oxygens (including phenoxy) is 2. The summed E-state index contributed by atoms with van der Waals surface area (Å²) in [5.74, 6) is 0.0423. The Labute approximate surface area is 201 Å². The number of hydrogen-bond donors (Lipinski definition) is 0. The van der Waals surface area contributed by atoms with Gasteiger partial charge < -0.3 is 24.2 Å². The molecule has 0 aromatic carbocycles. The van der Waals surface area contributed by atoms with E-state index in [0.29, 0.717) is 39.3 Å². The number of amides is 2. The van der Waals surface area contributed by atoms with E-state index >= 15 is 0 Å². The molecule has 3 rings (SSSR count). The van der Waals surface area contributed by atoms with E-state index in [2.05, 4.69) is 9.97 Å². The normalized spacial score (nSPS) is 17.6. The minimum absolute atomic E-state index is 0.0253. The molecule has 0 bridgehead atoms. The Balaban J connectivity index is 1.46. The lowest BCUT2D eigenvalue weighted by atomic mass is 10.1. The van der Waals surface area contributed by atoms with Gasteiger partial charge in [-0.1, -0.05) is 11.8 Å². The smallest absolute Gasteiger partial charge is 0.433 e. The van der Waals surface area contributed by atoms with Gasteiger partial charge in [0.1, 0.15) is 18.0 Å². The Morgan fingerprint density at radius 1 is 1.06 bits per heavy atom. The summed E-state index contributed by atoms with van der Waals surface area (Å²) < 4.78 is 51.0. The van der Waals surface area contributed by atoms with E-state index in [1.54, 1.807) is 41.7 Å². The third-order valence-electron chi connectivity index (χ3n) is 5.42. The second kappa shape index (κ2) is 10.1. The molecule has 9 nitrogen and oxygen atoms in total. The Hall–Kier alpha value is -2.28. The van der Waals surface area contributed by atoms with Crippen molar-refractivity contribution in [2.45, 2.75) is 50.7 Å². The Morgan fingerprint density at radius 3 is 2.18 bits per heavy atom. The first kappa shape index (κ1) is 26.3. The lowest BCUT2D eigenvalue weighted by Crippen LogP contribution is -2.55. The maximum Gasteiger partial charge on any atom is 0.433 e. The number of carbonyl (C=O) groups excluding carboxylic acids is 2. The van der Waals surface area contributed by atoms with Gasteiger partial charge in [0, 0.05) is 44.8 Å². The number of rotatable bonds is 5. The fraction of sp³-hybridized carbons (Fsp3) is 0.714. The van der Waals surface area contributed by atoms with Crippen molar-refractivity contribution in [2.24, 2.45) is 0 Å². The summed E-state index contributed by atoms with van der Waals surface area (Å²) in [7, 11) is 0. The van der Waals surface area contributed by atoms with E-state index in [1.165, 1.54) is 6.92 Å². The molecule has 0 unspecified atom stereocenters. The van der Waals surface area contributed by atoms with Crippen molar-refractivity contribution in [3.05, 3.63) is 11.3 Å². The van der Waals surface area contributed by atoms with Crippen LogP contribution in [0.25, 0.3) is 0 Å². The molecule has 3 heterocycles. The highest BCUT2D eigenvalue weighted by molar-refractivity contribution is 7.98. The van der Waals surface area contributed by atoms with E-state index in [0.717, 1.165) is 11.8 Å². The Morgan fingerprint density at radius 2 is 1.65 bits per heavy atom. The number of thioether (sulfide) groups is 1. The van der Waals surface area contributed by atoms with Gasteiger partial charge in [0.15, 0.2) is 10.9 Å². The van der Waals surface area contributed by atoms with E-state index in [9.17, 15) is 22.8 Å². The first-order chi connectivity index (χ1) is 15.8. The number of piperazine rings is 1. The largest absolute Gasteiger partial charge is 0.444 e. The molecule has 2 fully saturated rings. The van der Waals surface area contributed by atoms with Gasteiger partial charge in [0.2, 0.25) is 5.91 Å². The zero-order valence-electron chi connectivity index (χ0n) is 19.9. The number of nitrogens with zero attached hydrogens (tertiary/aromatic N) is 5. The zero-order valence-corrected chi connectivity index (χ0v) is 20.8. The lowest BCUT2D eigenvalue weighted by Gasteiger charge is -2.41. The summed E-state index contributed by atoms with van der Waals surface area (Å²) >= 11 is 1.05. The summed E-state index contributed by atoms with van der Waals surface area (Å²) in [6.45, 7) is 8.83. The van der Waals surface area contributed by atoms with Gasteiger partial charge in [-0.25, -0.2) is 14.8 Å². The van der Waals surface area contributed by atoms with E-state index in [1.807, 2.05) is 0 Å². The maximum absolute atomic E-state index is 13.3. The molecule has 13 heteroatoms. The molecule has 2 aliphatic rings. The van der Waals surface area contributed by atoms with Crippen LogP contribution in [0.4, 0.5) is 23.8 Å². The topological polar surface area (TPSA) is 88.1 Å². The molecule has 0 radical (unpaired) electrons. The molecule has 0 saturated carbocycles. The minimum atomic E-state index is -4.56. The van der Waals surface area contributed by atoms with Crippen molar-refractivity contribution in [1.29, 1.82) is 0 Å². The third kappa shape index (κ3) is 6.44. The van der Waals surface area contributed by atoms with Crippen LogP contribution in [0.1, 0.15) is 32.0 Å². The molecule has 2 aliphatic heterocycles. The monoisotopic (exact) mass is 505 g/mol. The maximum atomic E-state index is 13.3. The predicted molar refractivity (Wildman–Crippen MR) is 120 cm³/mol. The van der Waals surface area contributed by atoms with Gasteiger partial charge in [-0.2, -0.15) is 13.2 Å². The quantitative estimate of drug-likeness (QED) is 0.446. The summed E-state index contributed by atoms with van der Waals surface area (Å²) in [5.41, 5.74) is -1.54. The molecule has 190 valence electrons. The zero-order chi connectivity index (χ0) is 25.3. The molecule has 0 spiro atoms. The summed E-state index contributed by atoms with van der Waals surface area (Å²) in [6, 6.07) is 0. The Bertz CT molecular complexity index is 911.